The van der Waals surface area contributed by atoms with Crippen LogP contribution in [0.2, 0.25) is 0 Å². The number of guanidine groups is 1. The number of nitrogens with one attached hydrogen (secondary N) is 2. The molecular formula is C22H44IN3O3. The van der Waals surface area contributed by atoms with E-state index < -0.39 is 0 Å². The first-order valence-corrected chi connectivity index (χ1v) is 11.7. The molecule has 1 aliphatic carbocycles. The minimum atomic E-state index is 0. The van der Waals surface area contributed by atoms with E-state index >= 15 is 0 Å². The van der Waals surface area contributed by atoms with E-state index in [9.17, 15) is 0 Å². The largest absolute Gasteiger partial charge is 0.379 e. The lowest BCUT2D eigenvalue weighted by molar-refractivity contribution is 0.0171. The summed E-state index contributed by atoms with van der Waals surface area (Å²) >= 11 is 0. The van der Waals surface area contributed by atoms with E-state index in [1.54, 1.807) is 0 Å². The van der Waals surface area contributed by atoms with Gasteiger partial charge in [0.2, 0.25) is 0 Å². The second kappa shape index (κ2) is 18.6. The molecule has 0 aromatic carbocycles. The normalized spacial score (nSPS) is 20.4. The minimum Gasteiger partial charge on any atom is -0.379 e. The Kier molecular flexibility index (Phi) is 17.3. The molecule has 0 bridgehead atoms. The third-order valence-corrected chi connectivity index (χ3v) is 5.41. The van der Waals surface area contributed by atoms with E-state index in [1.165, 1.54) is 44.9 Å². The topological polar surface area (TPSA) is 64.1 Å². The Morgan fingerprint density at radius 2 is 1.83 bits per heavy atom. The predicted octanol–water partition coefficient (Wildman–Crippen LogP) is 4.26. The molecule has 1 unspecified atom stereocenters. The zero-order valence-corrected chi connectivity index (χ0v) is 20.8. The van der Waals surface area contributed by atoms with Crippen molar-refractivity contribution in [2.45, 2.75) is 89.8 Å². The SMILES string of the molecule is CCNC(=NCCCOCC1CCCO1)NCCCCCOC1CCCCC1.I. The van der Waals surface area contributed by atoms with Crippen LogP contribution in [-0.4, -0.2) is 64.2 Å². The fourth-order valence-electron chi connectivity index (χ4n) is 3.78. The zero-order valence-electron chi connectivity index (χ0n) is 18.5. The number of halogens is 1. The maximum absolute atomic E-state index is 5.99. The molecule has 7 heteroatoms. The molecule has 2 rings (SSSR count). The van der Waals surface area contributed by atoms with Gasteiger partial charge in [0, 0.05) is 39.5 Å². The summed E-state index contributed by atoms with van der Waals surface area (Å²) in [5, 5.41) is 6.75. The Labute approximate surface area is 195 Å². The van der Waals surface area contributed by atoms with E-state index in [1.807, 2.05) is 0 Å². The van der Waals surface area contributed by atoms with Gasteiger partial charge in [-0.3, -0.25) is 4.99 Å². The molecule has 0 amide bonds. The van der Waals surface area contributed by atoms with E-state index in [-0.39, 0.29) is 24.0 Å². The molecule has 0 radical (unpaired) electrons. The average Bonchev–Trinajstić information content (AvgIpc) is 3.24. The number of hydrogen-bond donors (Lipinski definition) is 2. The molecular weight excluding hydrogens is 481 g/mol. The molecule has 0 aromatic rings. The van der Waals surface area contributed by atoms with Gasteiger partial charge in [-0.1, -0.05) is 19.3 Å². The summed E-state index contributed by atoms with van der Waals surface area (Å²) in [6, 6.07) is 0. The molecule has 1 atom stereocenters. The van der Waals surface area contributed by atoms with Gasteiger partial charge in [0.1, 0.15) is 0 Å². The average molecular weight is 526 g/mol. The summed E-state index contributed by atoms with van der Waals surface area (Å²) in [6.07, 6.45) is 14.3. The van der Waals surface area contributed by atoms with Crippen LogP contribution < -0.4 is 10.6 Å². The Balaban J connectivity index is 0.00000420. The second-order valence-electron chi connectivity index (χ2n) is 7.94. The van der Waals surface area contributed by atoms with Crippen LogP contribution in [0.1, 0.15) is 77.6 Å². The highest BCUT2D eigenvalue weighted by atomic mass is 127. The molecule has 1 saturated heterocycles. The first-order chi connectivity index (χ1) is 13.9. The van der Waals surface area contributed by atoms with Crippen LogP contribution in [-0.2, 0) is 14.2 Å². The number of rotatable bonds is 14. The molecule has 172 valence electrons. The molecule has 1 heterocycles. The number of hydrogen-bond acceptors (Lipinski definition) is 4. The van der Waals surface area contributed by atoms with Crippen molar-refractivity contribution in [3.63, 3.8) is 0 Å². The predicted molar refractivity (Wildman–Crippen MR) is 130 cm³/mol. The third-order valence-electron chi connectivity index (χ3n) is 5.41. The first-order valence-electron chi connectivity index (χ1n) is 11.7. The van der Waals surface area contributed by atoms with Gasteiger partial charge in [-0.05, 0) is 58.3 Å². The fourth-order valence-corrected chi connectivity index (χ4v) is 3.78. The number of ether oxygens (including phenoxy) is 3. The molecule has 2 fully saturated rings. The Morgan fingerprint density at radius 3 is 2.59 bits per heavy atom. The van der Waals surface area contributed by atoms with E-state index in [2.05, 4.69) is 22.5 Å². The monoisotopic (exact) mass is 525 g/mol. The fraction of sp³-hybridized carbons (Fsp3) is 0.955. The molecule has 2 aliphatic rings. The van der Waals surface area contributed by atoms with Gasteiger partial charge in [0.25, 0.3) is 0 Å². The van der Waals surface area contributed by atoms with Crippen LogP contribution in [0.4, 0.5) is 0 Å². The highest BCUT2D eigenvalue weighted by Crippen LogP contribution is 2.20. The van der Waals surface area contributed by atoms with Crippen molar-refractivity contribution in [3.8, 4) is 0 Å². The highest BCUT2D eigenvalue weighted by Gasteiger charge is 2.15. The molecule has 0 spiro atoms. The van der Waals surface area contributed by atoms with Gasteiger partial charge in [-0.25, -0.2) is 0 Å². The summed E-state index contributed by atoms with van der Waals surface area (Å²) in [6.45, 7) is 8.03. The maximum Gasteiger partial charge on any atom is 0.191 e. The number of aliphatic imine (C=N–C) groups is 1. The van der Waals surface area contributed by atoms with Gasteiger partial charge < -0.3 is 24.8 Å². The van der Waals surface area contributed by atoms with Crippen molar-refractivity contribution in [1.82, 2.24) is 10.6 Å². The summed E-state index contributed by atoms with van der Waals surface area (Å²) in [7, 11) is 0. The molecule has 2 N–H and O–H groups in total. The van der Waals surface area contributed by atoms with E-state index in [0.717, 1.165) is 77.7 Å². The van der Waals surface area contributed by atoms with Gasteiger partial charge in [0.05, 0.1) is 18.8 Å². The molecule has 6 nitrogen and oxygen atoms in total. The van der Waals surface area contributed by atoms with Crippen molar-refractivity contribution in [1.29, 1.82) is 0 Å². The molecule has 1 aliphatic heterocycles. The summed E-state index contributed by atoms with van der Waals surface area (Å²) in [4.78, 5) is 4.64. The van der Waals surface area contributed by atoms with Crippen LogP contribution >= 0.6 is 24.0 Å². The third kappa shape index (κ3) is 13.7. The van der Waals surface area contributed by atoms with Crippen LogP contribution in [0.25, 0.3) is 0 Å². The lowest BCUT2D eigenvalue weighted by Crippen LogP contribution is -2.37. The Bertz CT molecular complexity index is 401. The van der Waals surface area contributed by atoms with Gasteiger partial charge >= 0.3 is 0 Å². The van der Waals surface area contributed by atoms with Crippen molar-refractivity contribution < 1.29 is 14.2 Å². The summed E-state index contributed by atoms with van der Waals surface area (Å²) in [5.74, 6) is 0.917. The van der Waals surface area contributed by atoms with E-state index in [0.29, 0.717) is 12.2 Å². The summed E-state index contributed by atoms with van der Waals surface area (Å²) in [5.41, 5.74) is 0. The highest BCUT2D eigenvalue weighted by molar-refractivity contribution is 14.0. The maximum atomic E-state index is 5.99. The van der Waals surface area contributed by atoms with Gasteiger partial charge in [0.15, 0.2) is 5.96 Å². The minimum absolute atomic E-state index is 0. The lowest BCUT2D eigenvalue weighted by atomic mass is 9.98. The summed E-state index contributed by atoms with van der Waals surface area (Å²) < 4.78 is 17.2. The van der Waals surface area contributed by atoms with Crippen molar-refractivity contribution >= 4 is 29.9 Å². The Morgan fingerprint density at radius 1 is 0.966 bits per heavy atom. The lowest BCUT2D eigenvalue weighted by Gasteiger charge is -2.21. The standard InChI is InChI=1S/C22H43N3O3.HI/c1-2-23-22(25-15-10-16-26-19-21-13-9-18-28-21)24-14-7-4-8-17-27-20-11-5-3-6-12-20;/h20-21H,2-19H2,1H3,(H2,23,24,25);1H. The number of nitrogens with zero attached hydrogens (tertiary/aromatic N) is 1. The smallest absolute Gasteiger partial charge is 0.191 e. The molecule has 1 saturated carbocycles. The van der Waals surface area contributed by atoms with Crippen molar-refractivity contribution in [2.75, 3.05) is 46.1 Å². The van der Waals surface area contributed by atoms with Crippen LogP contribution in [0.5, 0.6) is 0 Å². The van der Waals surface area contributed by atoms with Crippen molar-refractivity contribution in [2.24, 2.45) is 4.99 Å². The second-order valence-corrected chi connectivity index (χ2v) is 7.94. The quantitative estimate of drug-likeness (QED) is 0.154. The Hall–Kier alpha value is -0.120. The van der Waals surface area contributed by atoms with Gasteiger partial charge in [-0.2, -0.15) is 0 Å². The number of unbranched alkanes of at least 4 members (excludes halogenated alkanes) is 2. The molecule has 0 aromatic heterocycles. The zero-order chi connectivity index (χ0) is 19.7. The van der Waals surface area contributed by atoms with Crippen LogP contribution in [0.15, 0.2) is 4.99 Å². The van der Waals surface area contributed by atoms with Crippen molar-refractivity contribution in [3.05, 3.63) is 0 Å². The molecule has 29 heavy (non-hydrogen) atoms. The first kappa shape index (κ1) is 26.9. The van der Waals surface area contributed by atoms with Crippen LogP contribution in [0, 0.1) is 0 Å². The van der Waals surface area contributed by atoms with Gasteiger partial charge in [-0.15, -0.1) is 24.0 Å². The van der Waals surface area contributed by atoms with Crippen LogP contribution in [0.3, 0.4) is 0 Å². The van der Waals surface area contributed by atoms with E-state index in [4.69, 9.17) is 14.2 Å².